The number of unbranched alkanes of at least 4 members (excludes halogenated alkanes) is 1. The molecule has 0 saturated carbocycles. The third kappa shape index (κ3) is 3.77. The molecule has 0 unspecified atom stereocenters. The van der Waals surface area contributed by atoms with E-state index in [9.17, 15) is 9.18 Å². The number of benzene rings is 1. The predicted octanol–water partition coefficient (Wildman–Crippen LogP) is 2.86. The monoisotopic (exact) mass is 297 g/mol. The van der Waals surface area contributed by atoms with E-state index in [1.54, 1.807) is 6.20 Å². The number of aryl methyl sites for hydroxylation is 1. The molecule has 0 aliphatic heterocycles. The molecule has 2 rings (SSSR count). The molecule has 0 spiro atoms. The summed E-state index contributed by atoms with van der Waals surface area (Å²) >= 11 is 5.94. The summed E-state index contributed by atoms with van der Waals surface area (Å²) in [6.45, 7) is 0. The van der Waals surface area contributed by atoms with Gasteiger partial charge >= 0.3 is 5.97 Å². The van der Waals surface area contributed by atoms with E-state index in [4.69, 9.17) is 16.7 Å². The highest BCUT2D eigenvalue weighted by Gasteiger charge is 2.08. The third-order valence-electron chi connectivity index (χ3n) is 2.77. The van der Waals surface area contributed by atoms with E-state index in [0.29, 0.717) is 18.5 Å². The van der Waals surface area contributed by atoms with E-state index >= 15 is 0 Å². The number of carbonyl (C=O) groups is 1. The zero-order valence-electron chi connectivity index (χ0n) is 10.6. The number of carboxylic acids is 1. The molecule has 2 aromatic rings. The first-order chi connectivity index (χ1) is 9.56. The minimum Gasteiger partial charge on any atom is -0.481 e. The normalized spacial score (nSPS) is 10.7. The first kappa shape index (κ1) is 14.5. The highest BCUT2D eigenvalue weighted by atomic mass is 35.5. The van der Waals surface area contributed by atoms with Gasteiger partial charge in [-0.1, -0.05) is 16.8 Å². The molecule has 7 heteroatoms. The number of aromatic nitrogens is 3. The van der Waals surface area contributed by atoms with E-state index in [2.05, 4.69) is 10.3 Å². The van der Waals surface area contributed by atoms with E-state index in [1.165, 1.54) is 22.9 Å². The quantitative estimate of drug-likeness (QED) is 0.833. The molecule has 1 aromatic heterocycles. The lowest BCUT2D eigenvalue weighted by Crippen LogP contribution is -1.96. The van der Waals surface area contributed by atoms with Gasteiger partial charge in [0.15, 0.2) is 0 Å². The van der Waals surface area contributed by atoms with Gasteiger partial charge in [-0.2, -0.15) is 0 Å². The lowest BCUT2D eigenvalue weighted by atomic mass is 10.1. The van der Waals surface area contributed by atoms with Crippen LogP contribution in [0.5, 0.6) is 0 Å². The van der Waals surface area contributed by atoms with Crippen LogP contribution < -0.4 is 0 Å². The van der Waals surface area contributed by atoms with E-state index in [-0.39, 0.29) is 11.4 Å². The van der Waals surface area contributed by atoms with Gasteiger partial charge in [0.2, 0.25) is 0 Å². The molecule has 1 N–H and O–H groups in total. The van der Waals surface area contributed by atoms with Gasteiger partial charge in [0.05, 0.1) is 22.6 Å². The molecule has 0 amide bonds. The number of rotatable bonds is 6. The van der Waals surface area contributed by atoms with Crippen LogP contribution in [0.3, 0.4) is 0 Å². The largest absolute Gasteiger partial charge is 0.481 e. The highest BCUT2D eigenvalue weighted by Crippen LogP contribution is 2.20. The van der Waals surface area contributed by atoms with Crippen molar-refractivity contribution in [3.8, 4) is 5.69 Å². The van der Waals surface area contributed by atoms with E-state index in [1.807, 2.05) is 0 Å². The van der Waals surface area contributed by atoms with Gasteiger partial charge in [0.1, 0.15) is 5.82 Å². The van der Waals surface area contributed by atoms with Crippen LogP contribution in [0.4, 0.5) is 4.39 Å². The van der Waals surface area contributed by atoms with Crippen molar-refractivity contribution in [2.75, 3.05) is 0 Å². The maximum Gasteiger partial charge on any atom is 0.303 e. The van der Waals surface area contributed by atoms with Crippen molar-refractivity contribution in [1.29, 1.82) is 0 Å². The minimum absolute atomic E-state index is 0.151. The number of carboxylic acid groups (broad SMARTS) is 1. The van der Waals surface area contributed by atoms with Crippen molar-refractivity contribution in [2.24, 2.45) is 0 Å². The lowest BCUT2D eigenvalue weighted by Gasteiger charge is -2.02. The van der Waals surface area contributed by atoms with Crippen molar-refractivity contribution < 1.29 is 14.3 Å². The van der Waals surface area contributed by atoms with Crippen molar-refractivity contribution in [2.45, 2.75) is 25.7 Å². The van der Waals surface area contributed by atoms with Crippen LogP contribution in [0, 0.1) is 5.82 Å². The molecule has 5 nitrogen and oxygen atoms in total. The van der Waals surface area contributed by atoms with E-state index in [0.717, 1.165) is 12.1 Å². The van der Waals surface area contributed by atoms with Crippen LogP contribution in [-0.4, -0.2) is 26.1 Å². The molecular formula is C13H13ClFN3O2. The molecule has 0 radical (unpaired) electrons. The fraction of sp³-hybridized carbons (Fsp3) is 0.308. The SMILES string of the molecule is O=C(O)CCCCc1cn(-c2ccc(F)cc2Cl)nn1. The summed E-state index contributed by atoms with van der Waals surface area (Å²) in [5.41, 5.74) is 1.30. The van der Waals surface area contributed by atoms with Gasteiger partial charge in [-0.25, -0.2) is 9.07 Å². The Kier molecular flexibility index (Phi) is 4.68. The van der Waals surface area contributed by atoms with Crippen LogP contribution in [0.2, 0.25) is 5.02 Å². The number of nitrogens with zero attached hydrogens (tertiary/aromatic N) is 3. The van der Waals surface area contributed by atoms with Crippen LogP contribution in [0.25, 0.3) is 5.69 Å². The van der Waals surface area contributed by atoms with Gasteiger partial charge in [-0.3, -0.25) is 4.79 Å². The molecule has 0 aliphatic carbocycles. The molecule has 20 heavy (non-hydrogen) atoms. The Morgan fingerprint density at radius 1 is 1.40 bits per heavy atom. The second kappa shape index (κ2) is 6.47. The smallest absolute Gasteiger partial charge is 0.303 e. The summed E-state index contributed by atoms with van der Waals surface area (Å²) < 4.78 is 14.4. The van der Waals surface area contributed by atoms with Crippen LogP contribution in [0.1, 0.15) is 25.0 Å². The summed E-state index contributed by atoms with van der Waals surface area (Å²) in [7, 11) is 0. The van der Waals surface area contributed by atoms with Crippen molar-refractivity contribution >= 4 is 17.6 Å². The lowest BCUT2D eigenvalue weighted by molar-refractivity contribution is -0.137. The maximum absolute atomic E-state index is 13.0. The Balaban J connectivity index is 1.99. The number of hydrogen-bond acceptors (Lipinski definition) is 3. The summed E-state index contributed by atoms with van der Waals surface area (Å²) in [6, 6.07) is 4.04. The number of halogens is 2. The fourth-order valence-electron chi connectivity index (χ4n) is 1.78. The fourth-order valence-corrected chi connectivity index (χ4v) is 2.03. The predicted molar refractivity (Wildman–Crippen MR) is 71.5 cm³/mol. The van der Waals surface area contributed by atoms with Gasteiger partial charge < -0.3 is 5.11 Å². The van der Waals surface area contributed by atoms with Crippen molar-refractivity contribution in [3.63, 3.8) is 0 Å². The van der Waals surface area contributed by atoms with E-state index < -0.39 is 11.8 Å². The molecular weight excluding hydrogens is 285 g/mol. The van der Waals surface area contributed by atoms with Gasteiger partial charge in [0.25, 0.3) is 0 Å². The third-order valence-corrected chi connectivity index (χ3v) is 3.07. The number of aliphatic carboxylic acids is 1. The average Bonchev–Trinajstić information content (AvgIpc) is 2.83. The molecule has 1 heterocycles. The van der Waals surface area contributed by atoms with Crippen LogP contribution in [-0.2, 0) is 11.2 Å². The Morgan fingerprint density at radius 2 is 2.20 bits per heavy atom. The minimum atomic E-state index is -0.799. The molecule has 0 saturated heterocycles. The molecule has 0 aliphatic rings. The molecule has 0 fully saturated rings. The molecule has 0 atom stereocenters. The van der Waals surface area contributed by atoms with Crippen molar-refractivity contribution in [3.05, 3.63) is 40.9 Å². The topological polar surface area (TPSA) is 68.0 Å². The standard InChI is InChI=1S/C13H13ClFN3O2/c14-11-7-9(15)5-6-12(11)18-8-10(16-17-18)3-1-2-4-13(19)20/h5-8H,1-4H2,(H,19,20). The van der Waals surface area contributed by atoms with Crippen LogP contribution in [0.15, 0.2) is 24.4 Å². The van der Waals surface area contributed by atoms with Crippen molar-refractivity contribution in [1.82, 2.24) is 15.0 Å². The number of hydrogen-bond donors (Lipinski definition) is 1. The Hall–Kier alpha value is -1.95. The Bertz CT molecular complexity index is 615. The molecule has 1 aromatic carbocycles. The highest BCUT2D eigenvalue weighted by molar-refractivity contribution is 6.32. The zero-order chi connectivity index (χ0) is 14.5. The van der Waals surface area contributed by atoms with Gasteiger partial charge in [-0.05, 0) is 37.5 Å². The van der Waals surface area contributed by atoms with Gasteiger partial charge in [-0.15, -0.1) is 5.10 Å². The second-order valence-corrected chi connectivity index (χ2v) is 4.76. The second-order valence-electron chi connectivity index (χ2n) is 4.35. The Morgan fingerprint density at radius 3 is 2.90 bits per heavy atom. The van der Waals surface area contributed by atoms with Gasteiger partial charge in [0, 0.05) is 6.42 Å². The Labute approximate surface area is 120 Å². The summed E-state index contributed by atoms with van der Waals surface area (Å²) in [5.74, 6) is -1.21. The molecule has 106 valence electrons. The first-order valence-corrected chi connectivity index (χ1v) is 6.52. The first-order valence-electron chi connectivity index (χ1n) is 6.14. The molecule has 0 bridgehead atoms. The zero-order valence-corrected chi connectivity index (χ0v) is 11.3. The van der Waals surface area contributed by atoms with Crippen LogP contribution >= 0.6 is 11.6 Å². The summed E-state index contributed by atoms with van der Waals surface area (Å²) in [4.78, 5) is 10.4. The summed E-state index contributed by atoms with van der Waals surface area (Å²) in [6.07, 6.45) is 3.82. The maximum atomic E-state index is 13.0. The summed E-state index contributed by atoms with van der Waals surface area (Å²) in [5, 5.41) is 16.7. The average molecular weight is 298 g/mol.